The van der Waals surface area contributed by atoms with Crippen molar-refractivity contribution >= 4 is 18.0 Å². The highest BCUT2D eigenvalue weighted by Crippen LogP contribution is 2.24. The highest BCUT2D eigenvalue weighted by Gasteiger charge is 2.03. The van der Waals surface area contributed by atoms with E-state index in [0.29, 0.717) is 17.8 Å². The Morgan fingerprint density at radius 3 is 2.93 bits per heavy atom. The van der Waals surface area contributed by atoms with Crippen molar-refractivity contribution in [1.82, 2.24) is 0 Å². The third-order valence-electron chi connectivity index (χ3n) is 1.66. The average molecular weight is 208 g/mol. The van der Waals surface area contributed by atoms with Crippen LogP contribution in [0.4, 0.5) is 0 Å². The molecular weight excluding hydrogens is 200 g/mol. The number of hydrogen-bond acceptors (Lipinski definition) is 4. The topological polar surface area (TPSA) is 43.4 Å². The minimum absolute atomic E-state index is 0.354. The molecule has 0 radical (unpaired) electrons. The van der Waals surface area contributed by atoms with Crippen LogP contribution in [-0.2, 0) is 5.75 Å². The molecule has 72 valence electrons. The van der Waals surface area contributed by atoms with Gasteiger partial charge in [-0.25, -0.2) is 0 Å². The number of aldehydes is 1. The van der Waals surface area contributed by atoms with Crippen LogP contribution < -0.4 is 0 Å². The fourth-order valence-corrected chi connectivity index (χ4v) is 1.78. The van der Waals surface area contributed by atoms with Crippen LogP contribution in [0.1, 0.15) is 16.3 Å². The number of furan rings is 2. The van der Waals surface area contributed by atoms with Crippen molar-refractivity contribution < 1.29 is 13.6 Å². The van der Waals surface area contributed by atoms with Gasteiger partial charge in [0.25, 0.3) is 0 Å². The number of carbonyl (C=O) groups is 1. The molecule has 0 aliphatic rings. The molecule has 4 heteroatoms. The zero-order valence-corrected chi connectivity index (χ0v) is 8.12. The standard InChI is InChI=1S/C10H8O3S/c11-6-8-3-4-10(13-8)14-7-9-2-1-5-12-9/h1-6H,7H2. The van der Waals surface area contributed by atoms with E-state index in [2.05, 4.69) is 0 Å². The summed E-state index contributed by atoms with van der Waals surface area (Å²) in [6.45, 7) is 0. The maximum absolute atomic E-state index is 10.3. The summed E-state index contributed by atoms with van der Waals surface area (Å²) in [5.74, 6) is 1.95. The molecule has 0 bridgehead atoms. The third-order valence-corrected chi connectivity index (χ3v) is 2.59. The molecule has 0 saturated carbocycles. The lowest BCUT2D eigenvalue weighted by molar-refractivity contribution is 0.109. The van der Waals surface area contributed by atoms with Crippen LogP contribution in [0.15, 0.2) is 44.5 Å². The van der Waals surface area contributed by atoms with E-state index in [1.807, 2.05) is 12.1 Å². The zero-order valence-electron chi connectivity index (χ0n) is 7.30. The molecule has 2 aromatic rings. The van der Waals surface area contributed by atoms with Gasteiger partial charge < -0.3 is 8.83 Å². The number of hydrogen-bond donors (Lipinski definition) is 0. The summed E-state index contributed by atoms with van der Waals surface area (Å²) in [7, 11) is 0. The van der Waals surface area contributed by atoms with Crippen molar-refractivity contribution in [1.29, 1.82) is 0 Å². The van der Waals surface area contributed by atoms with Gasteiger partial charge in [-0.15, -0.1) is 0 Å². The van der Waals surface area contributed by atoms with Gasteiger partial charge in [0, 0.05) is 0 Å². The summed E-state index contributed by atoms with van der Waals surface area (Å²) in [6, 6.07) is 7.17. The number of carbonyl (C=O) groups excluding carboxylic acids is 1. The molecule has 0 fully saturated rings. The third kappa shape index (κ3) is 2.09. The molecule has 2 rings (SSSR count). The summed E-state index contributed by atoms with van der Waals surface area (Å²) in [4.78, 5) is 10.3. The number of rotatable bonds is 4. The van der Waals surface area contributed by atoms with Gasteiger partial charge in [-0.3, -0.25) is 4.79 Å². The Bertz CT molecular complexity index is 403. The van der Waals surface area contributed by atoms with Crippen molar-refractivity contribution in [2.24, 2.45) is 0 Å². The summed E-state index contributed by atoms with van der Waals surface area (Å²) in [6.07, 6.45) is 2.33. The Labute approximate surface area is 85.1 Å². The minimum atomic E-state index is 0.354. The van der Waals surface area contributed by atoms with E-state index in [-0.39, 0.29) is 0 Å². The maximum atomic E-state index is 10.3. The molecular formula is C10H8O3S. The maximum Gasteiger partial charge on any atom is 0.185 e. The summed E-state index contributed by atoms with van der Waals surface area (Å²) < 4.78 is 10.3. The van der Waals surface area contributed by atoms with E-state index >= 15 is 0 Å². The predicted molar refractivity (Wildman–Crippen MR) is 52.4 cm³/mol. The molecule has 0 saturated heterocycles. The van der Waals surface area contributed by atoms with Crippen LogP contribution in [0.25, 0.3) is 0 Å². The molecule has 0 unspecified atom stereocenters. The molecule has 3 nitrogen and oxygen atoms in total. The smallest absolute Gasteiger partial charge is 0.185 e. The second-order valence-electron chi connectivity index (χ2n) is 2.64. The highest BCUT2D eigenvalue weighted by atomic mass is 32.2. The molecule has 0 atom stereocenters. The fourth-order valence-electron chi connectivity index (χ4n) is 1.01. The fraction of sp³-hybridized carbons (Fsp3) is 0.100. The first-order valence-electron chi connectivity index (χ1n) is 4.08. The van der Waals surface area contributed by atoms with Crippen LogP contribution >= 0.6 is 11.8 Å². The van der Waals surface area contributed by atoms with Crippen LogP contribution in [-0.4, -0.2) is 6.29 Å². The molecule has 2 aromatic heterocycles. The Kier molecular flexibility index (Phi) is 2.74. The Morgan fingerprint density at radius 2 is 2.29 bits per heavy atom. The van der Waals surface area contributed by atoms with Gasteiger partial charge in [-0.05, 0) is 24.3 Å². The quantitative estimate of drug-likeness (QED) is 0.572. The first kappa shape index (κ1) is 9.15. The molecule has 0 aliphatic heterocycles. The van der Waals surface area contributed by atoms with Crippen molar-refractivity contribution in [3.05, 3.63) is 42.0 Å². The monoisotopic (exact) mass is 208 g/mol. The number of thioether (sulfide) groups is 1. The molecule has 0 aromatic carbocycles. The lowest BCUT2D eigenvalue weighted by Gasteiger charge is -1.92. The first-order valence-corrected chi connectivity index (χ1v) is 5.07. The van der Waals surface area contributed by atoms with Crippen LogP contribution in [0.3, 0.4) is 0 Å². The molecule has 0 spiro atoms. The molecule has 0 aliphatic carbocycles. The van der Waals surface area contributed by atoms with Crippen molar-refractivity contribution in [2.75, 3.05) is 0 Å². The van der Waals surface area contributed by atoms with Crippen molar-refractivity contribution in [2.45, 2.75) is 10.8 Å². The van der Waals surface area contributed by atoms with Gasteiger partial charge in [-0.2, -0.15) is 0 Å². The summed E-state index contributed by atoms with van der Waals surface area (Å²) in [5.41, 5.74) is 0. The summed E-state index contributed by atoms with van der Waals surface area (Å²) >= 11 is 1.50. The van der Waals surface area contributed by atoms with E-state index in [1.165, 1.54) is 11.8 Å². The SMILES string of the molecule is O=Cc1ccc(SCc2ccco2)o1. The van der Waals surface area contributed by atoms with E-state index in [4.69, 9.17) is 8.83 Å². The van der Waals surface area contributed by atoms with Crippen LogP contribution in [0, 0.1) is 0 Å². The largest absolute Gasteiger partial charge is 0.468 e. The Morgan fingerprint density at radius 1 is 1.36 bits per heavy atom. The van der Waals surface area contributed by atoms with E-state index in [1.54, 1.807) is 18.4 Å². The van der Waals surface area contributed by atoms with Crippen molar-refractivity contribution in [3.8, 4) is 0 Å². The highest BCUT2D eigenvalue weighted by molar-refractivity contribution is 7.98. The van der Waals surface area contributed by atoms with Gasteiger partial charge in [0.15, 0.2) is 17.1 Å². The zero-order chi connectivity index (χ0) is 9.80. The second kappa shape index (κ2) is 4.19. The van der Waals surface area contributed by atoms with Gasteiger partial charge >= 0.3 is 0 Å². The van der Waals surface area contributed by atoms with Gasteiger partial charge in [0.05, 0.1) is 12.0 Å². The lowest BCUT2D eigenvalue weighted by Crippen LogP contribution is -1.73. The minimum Gasteiger partial charge on any atom is -0.468 e. The Balaban J connectivity index is 1.95. The van der Waals surface area contributed by atoms with E-state index in [0.717, 1.165) is 10.9 Å². The van der Waals surface area contributed by atoms with E-state index in [9.17, 15) is 4.79 Å². The second-order valence-corrected chi connectivity index (χ2v) is 3.62. The van der Waals surface area contributed by atoms with Gasteiger partial charge in [0.1, 0.15) is 5.76 Å². The van der Waals surface area contributed by atoms with Crippen LogP contribution in [0.2, 0.25) is 0 Å². The lowest BCUT2D eigenvalue weighted by atomic mass is 10.5. The van der Waals surface area contributed by atoms with E-state index < -0.39 is 0 Å². The van der Waals surface area contributed by atoms with Gasteiger partial charge in [-0.1, -0.05) is 11.8 Å². The van der Waals surface area contributed by atoms with Crippen LogP contribution in [0.5, 0.6) is 0 Å². The predicted octanol–water partition coefficient (Wildman–Crippen LogP) is 2.98. The molecule has 0 N–H and O–H groups in total. The van der Waals surface area contributed by atoms with Crippen molar-refractivity contribution in [3.63, 3.8) is 0 Å². The summed E-state index contributed by atoms with van der Waals surface area (Å²) in [5, 5.41) is 0.725. The average Bonchev–Trinajstić information content (AvgIpc) is 2.86. The molecule has 2 heterocycles. The van der Waals surface area contributed by atoms with Gasteiger partial charge in [0.2, 0.25) is 0 Å². The Hall–Kier alpha value is -1.42. The molecule has 0 amide bonds. The first-order chi connectivity index (χ1) is 6.88. The molecule has 14 heavy (non-hydrogen) atoms. The normalized spacial score (nSPS) is 10.3.